The third-order valence-corrected chi connectivity index (χ3v) is 3.79. The number of carbonyl (C=O) groups excluding carboxylic acids is 1. The van der Waals surface area contributed by atoms with E-state index in [2.05, 4.69) is 10.5 Å². The van der Waals surface area contributed by atoms with Crippen molar-refractivity contribution in [2.45, 2.75) is 13.0 Å². The fourth-order valence-corrected chi connectivity index (χ4v) is 2.28. The Kier molecular flexibility index (Phi) is 7.22. The highest BCUT2D eigenvalue weighted by atomic mass is 16.5. The number of benzene rings is 2. The molecule has 0 spiro atoms. The first-order valence-electron chi connectivity index (χ1n) is 8.32. The molecule has 1 unspecified atom stereocenters. The number of nitrogens with one attached hydrogen (secondary N) is 1. The van der Waals surface area contributed by atoms with Gasteiger partial charge in [0.25, 0.3) is 5.91 Å². The van der Waals surface area contributed by atoms with Crippen molar-refractivity contribution in [3.8, 4) is 29.1 Å². The standard InChI is InChI=1S/C20H21N3O5/c1-13(28-15-7-5-14(11-21)6-8-15)20(24)23-22-12-17-18(26-3)9-16(25-2)10-19(17)27-4/h5-10,12-13H,1-4H3,(H,23,24)/b22-12+. The van der Waals surface area contributed by atoms with Gasteiger partial charge in [-0.1, -0.05) is 0 Å². The van der Waals surface area contributed by atoms with E-state index in [0.29, 0.717) is 34.1 Å². The Labute approximate surface area is 163 Å². The van der Waals surface area contributed by atoms with Gasteiger partial charge in [0.05, 0.1) is 44.7 Å². The molecule has 2 aromatic carbocycles. The third-order valence-electron chi connectivity index (χ3n) is 3.79. The van der Waals surface area contributed by atoms with Gasteiger partial charge in [0.2, 0.25) is 0 Å². The third kappa shape index (κ3) is 5.14. The number of rotatable bonds is 8. The van der Waals surface area contributed by atoms with Gasteiger partial charge in [-0.25, -0.2) is 5.43 Å². The average Bonchev–Trinajstić information content (AvgIpc) is 2.73. The largest absolute Gasteiger partial charge is 0.496 e. The van der Waals surface area contributed by atoms with Gasteiger partial charge >= 0.3 is 0 Å². The molecule has 8 heteroatoms. The highest BCUT2D eigenvalue weighted by Gasteiger charge is 2.15. The van der Waals surface area contributed by atoms with Crippen LogP contribution in [0.15, 0.2) is 41.5 Å². The second-order valence-corrected chi connectivity index (χ2v) is 5.58. The lowest BCUT2D eigenvalue weighted by Gasteiger charge is -2.13. The summed E-state index contributed by atoms with van der Waals surface area (Å²) in [5, 5.41) is 12.8. The van der Waals surface area contributed by atoms with E-state index in [0.717, 1.165) is 0 Å². The van der Waals surface area contributed by atoms with Crippen LogP contribution in [-0.4, -0.2) is 39.6 Å². The summed E-state index contributed by atoms with van der Waals surface area (Å²) in [4.78, 5) is 12.2. The maximum absolute atomic E-state index is 12.2. The van der Waals surface area contributed by atoms with Crippen molar-refractivity contribution in [2.24, 2.45) is 5.10 Å². The highest BCUT2D eigenvalue weighted by molar-refractivity contribution is 5.89. The van der Waals surface area contributed by atoms with Crippen LogP contribution < -0.4 is 24.4 Å². The van der Waals surface area contributed by atoms with Crippen LogP contribution in [0.3, 0.4) is 0 Å². The topological polar surface area (TPSA) is 102 Å². The van der Waals surface area contributed by atoms with Gasteiger partial charge in [0.15, 0.2) is 6.10 Å². The normalized spacial score (nSPS) is 11.4. The van der Waals surface area contributed by atoms with Crippen molar-refractivity contribution in [2.75, 3.05) is 21.3 Å². The molecule has 0 heterocycles. The number of hydrogen-bond donors (Lipinski definition) is 1. The summed E-state index contributed by atoms with van der Waals surface area (Å²) in [5.41, 5.74) is 3.47. The fourth-order valence-electron chi connectivity index (χ4n) is 2.28. The zero-order valence-corrected chi connectivity index (χ0v) is 16.1. The van der Waals surface area contributed by atoms with Crippen LogP contribution in [0.5, 0.6) is 23.0 Å². The van der Waals surface area contributed by atoms with Gasteiger partial charge < -0.3 is 18.9 Å². The molecule has 146 valence electrons. The number of nitrogens with zero attached hydrogens (tertiary/aromatic N) is 2. The molecule has 28 heavy (non-hydrogen) atoms. The maximum Gasteiger partial charge on any atom is 0.280 e. The van der Waals surface area contributed by atoms with Crippen molar-refractivity contribution < 1.29 is 23.7 Å². The van der Waals surface area contributed by atoms with Gasteiger partial charge in [-0.15, -0.1) is 0 Å². The minimum atomic E-state index is -0.787. The van der Waals surface area contributed by atoms with Gasteiger partial charge in [-0.05, 0) is 31.2 Å². The van der Waals surface area contributed by atoms with E-state index >= 15 is 0 Å². The summed E-state index contributed by atoms with van der Waals surface area (Å²) >= 11 is 0. The van der Waals surface area contributed by atoms with E-state index in [1.807, 2.05) is 6.07 Å². The van der Waals surface area contributed by atoms with E-state index in [9.17, 15) is 4.79 Å². The average molecular weight is 383 g/mol. The molecular formula is C20H21N3O5. The van der Waals surface area contributed by atoms with Crippen LogP contribution in [-0.2, 0) is 4.79 Å². The minimum Gasteiger partial charge on any atom is -0.496 e. The molecule has 0 fully saturated rings. The highest BCUT2D eigenvalue weighted by Crippen LogP contribution is 2.32. The molecule has 1 amide bonds. The lowest BCUT2D eigenvalue weighted by molar-refractivity contribution is -0.127. The van der Waals surface area contributed by atoms with Crippen LogP contribution in [0.1, 0.15) is 18.1 Å². The molecule has 0 aliphatic heterocycles. The summed E-state index contributed by atoms with van der Waals surface area (Å²) in [5.74, 6) is 1.57. The number of hydrogen-bond acceptors (Lipinski definition) is 7. The van der Waals surface area contributed by atoms with Crippen LogP contribution in [0, 0.1) is 11.3 Å². The molecule has 0 saturated carbocycles. The van der Waals surface area contributed by atoms with E-state index in [-0.39, 0.29) is 0 Å². The number of ether oxygens (including phenoxy) is 4. The number of nitriles is 1. The van der Waals surface area contributed by atoms with Crippen molar-refractivity contribution in [1.82, 2.24) is 5.43 Å². The molecule has 2 rings (SSSR count). The summed E-state index contributed by atoms with van der Waals surface area (Å²) in [7, 11) is 4.56. The Balaban J connectivity index is 2.05. The Morgan fingerprint density at radius 2 is 1.68 bits per heavy atom. The minimum absolute atomic E-state index is 0.438. The van der Waals surface area contributed by atoms with Crippen molar-refractivity contribution in [3.05, 3.63) is 47.5 Å². The molecule has 1 atom stereocenters. The lowest BCUT2D eigenvalue weighted by atomic mass is 10.2. The Bertz CT molecular complexity index is 863. The molecule has 0 aromatic heterocycles. The Hall–Kier alpha value is -3.73. The molecule has 0 bridgehead atoms. The predicted octanol–water partition coefficient (Wildman–Crippen LogP) is 2.50. The second kappa shape index (κ2) is 9.83. The van der Waals surface area contributed by atoms with Gasteiger partial charge in [-0.2, -0.15) is 10.4 Å². The van der Waals surface area contributed by atoms with E-state index in [1.165, 1.54) is 27.5 Å². The quantitative estimate of drug-likeness (QED) is 0.555. The maximum atomic E-state index is 12.2. The molecule has 0 aliphatic rings. The smallest absolute Gasteiger partial charge is 0.280 e. The SMILES string of the molecule is COc1cc(OC)c(/C=N/NC(=O)C(C)Oc2ccc(C#N)cc2)c(OC)c1. The molecule has 2 aromatic rings. The molecule has 8 nitrogen and oxygen atoms in total. The van der Waals surface area contributed by atoms with Crippen molar-refractivity contribution >= 4 is 12.1 Å². The van der Waals surface area contributed by atoms with E-state index < -0.39 is 12.0 Å². The monoisotopic (exact) mass is 383 g/mol. The summed E-state index contributed by atoms with van der Waals surface area (Å²) in [6.45, 7) is 1.59. The lowest BCUT2D eigenvalue weighted by Crippen LogP contribution is -2.33. The summed E-state index contributed by atoms with van der Waals surface area (Å²) in [6, 6.07) is 11.9. The summed E-state index contributed by atoms with van der Waals surface area (Å²) < 4.78 is 21.4. The number of hydrazone groups is 1. The first-order chi connectivity index (χ1) is 13.5. The van der Waals surface area contributed by atoms with Crippen LogP contribution in [0.4, 0.5) is 0 Å². The Morgan fingerprint density at radius 3 is 2.18 bits per heavy atom. The van der Waals surface area contributed by atoms with Crippen LogP contribution in [0.25, 0.3) is 0 Å². The number of carbonyl (C=O) groups is 1. The first kappa shape index (κ1) is 20.6. The molecule has 0 radical (unpaired) electrons. The van der Waals surface area contributed by atoms with Crippen molar-refractivity contribution in [1.29, 1.82) is 5.26 Å². The zero-order chi connectivity index (χ0) is 20.5. The summed E-state index contributed by atoms with van der Waals surface area (Å²) in [6.07, 6.45) is 0.633. The van der Waals surface area contributed by atoms with Crippen LogP contribution in [0.2, 0.25) is 0 Å². The number of amides is 1. The van der Waals surface area contributed by atoms with E-state index in [1.54, 1.807) is 43.3 Å². The molecular weight excluding hydrogens is 362 g/mol. The molecule has 0 saturated heterocycles. The Morgan fingerprint density at radius 1 is 1.07 bits per heavy atom. The molecule has 1 N–H and O–H groups in total. The van der Waals surface area contributed by atoms with Gasteiger partial charge in [0, 0.05) is 12.1 Å². The first-order valence-corrected chi connectivity index (χ1v) is 8.32. The van der Waals surface area contributed by atoms with E-state index in [4.69, 9.17) is 24.2 Å². The van der Waals surface area contributed by atoms with Crippen molar-refractivity contribution in [3.63, 3.8) is 0 Å². The predicted molar refractivity (Wildman–Crippen MR) is 103 cm³/mol. The zero-order valence-electron chi connectivity index (χ0n) is 16.1. The van der Waals surface area contributed by atoms with Crippen LogP contribution >= 0.6 is 0 Å². The molecule has 0 aliphatic carbocycles. The second-order valence-electron chi connectivity index (χ2n) is 5.58. The number of methoxy groups -OCH3 is 3. The van der Waals surface area contributed by atoms with Gasteiger partial charge in [0.1, 0.15) is 23.0 Å². The van der Waals surface area contributed by atoms with Gasteiger partial charge in [-0.3, -0.25) is 4.79 Å². The fraction of sp³-hybridized carbons (Fsp3) is 0.250.